The van der Waals surface area contributed by atoms with Gasteiger partial charge in [-0.25, -0.2) is 0 Å². The smallest absolute Gasteiger partial charge is 0.280 e. The Labute approximate surface area is 149 Å². The summed E-state index contributed by atoms with van der Waals surface area (Å²) in [4.78, 5) is 53.4. The summed E-state index contributed by atoms with van der Waals surface area (Å²) in [7, 11) is 0. The van der Waals surface area contributed by atoms with Gasteiger partial charge in [0.05, 0.1) is 29.6 Å². The molecule has 1 aromatic rings. The molecule has 1 aromatic carbocycles. The van der Waals surface area contributed by atoms with E-state index in [4.69, 9.17) is 0 Å². The Balaban J connectivity index is 1.45. The van der Waals surface area contributed by atoms with Gasteiger partial charge in [-0.15, -0.1) is 0 Å². The van der Waals surface area contributed by atoms with Crippen LogP contribution >= 0.6 is 0 Å². The number of benzene rings is 1. The van der Waals surface area contributed by atoms with E-state index < -0.39 is 17.7 Å². The van der Waals surface area contributed by atoms with Gasteiger partial charge in [0, 0.05) is 0 Å². The van der Waals surface area contributed by atoms with Gasteiger partial charge < -0.3 is 5.32 Å². The Bertz CT molecular complexity index is 812. The molecule has 0 spiro atoms. The van der Waals surface area contributed by atoms with Crippen molar-refractivity contribution in [3.05, 3.63) is 35.4 Å². The lowest BCUT2D eigenvalue weighted by Crippen LogP contribution is -2.53. The van der Waals surface area contributed by atoms with Crippen molar-refractivity contribution < 1.29 is 19.2 Å². The number of hydrogen-bond donors (Lipinski definition) is 2. The van der Waals surface area contributed by atoms with Crippen LogP contribution in [0.1, 0.15) is 52.8 Å². The van der Waals surface area contributed by atoms with E-state index in [2.05, 4.69) is 15.7 Å². The largest absolute Gasteiger partial charge is 0.346 e. The fourth-order valence-electron chi connectivity index (χ4n) is 3.68. The molecular formula is C18H18N4O4. The molecular weight excluding hydrogens is 336 g/mol. The van der Waals surface area contributed by atoms with E-state index in [-0.39, 0.29) is 41.3 Å². The van der Waals surface area contributed by atoms with Gasteiger partial charge in [0.25, 0.3) is 17.7 Å². The van der Waals surface area contributed by atoms with E-state index in [9.17, 15) is 19.2 Å². The molecule has 0 bridgehead atoms. The van der Waals surface area contributed by atoms with E-state index >= 15 is 0 Å². The zero-order chi connectivity index (χ0) is 18.3. The average molecular weight is 354 g/mol. The third kappa shape index (κ3) is 2.77. The van der Waals surface area contributed by atoms with E-state index in [0.717, 1.165) is 25.7 Å². The first-order valence-electron chi connectivity index (χ1n) is 8.69. The third-order valence-corrected chi connectivity index (χ3v) is 4.99. The van der Waals surface area contributed by atoms with Crippen molar-refractivity contribution in [3.63, 3.8) is 0 Å². The second-order valence-electron chi connectivity index (χ2n) is 6.71. The van der Waals surface area contributed by atoms with Crippen LogP contribution in [0.2, 0.25) is 0 Å². The molecule has 3 aliphatic rings. The van der Waals surface area contributed by atoms with Gasteiger partial charge in [-0.1, -0.05) is 25.0 Å². The Morgan fingerprint density at radius 3 is 2.46 bits per heavy atom. The van der Waals surface area contributed by atoms with Gasteiger partial charge in [0.1, 0.15) is 5.71 Å². The monoisotopic (exact) mass is 354 g/mol. The first-order chi connectivity index (χ1) is 12.5. The van der Waals surface area contributed by atoms with Crippen LogP contribution in [0.4, 0.5) is 0 Å². The summed E-state index contributed by atoms with van der Waals surface area (Å²) in [5, 5.41) is 3.59. The number of rotatable bonds is 3. The molecule has 134 valence electrons. The lowest BCUT2D eigenvalue weighted by molar-refractivity contribution is -0.124. The van der Waals surface area contributed by atoms with Gasteiger partial charge in [-0.2, -0.15) is 5.01 Å². The number of carbonyl (C=O) groups excluding carboxylic acids is 4. The summed E-state index contributed by atoms with van der Waals surface area (Å²) >= 11 is 0. The number of fused-ring (bicyclic) bond motifs is 2. The molecule has 2 aliphatic heterocycles. The highest BCUT2D eigenvalue weighted by Gasteiger charge is 2.38. The van der Waals surface area contributed by atoms with E-state index in [1.807, 2.05) is 0 Å². The molecule has 2 atom stereocenters. The van der Waals surface area contributed by atoms with Crippen molar-refractivity contribution in [2.45, 2.75) is 44.2 Å². The highest BCUT2D eigenvalue weighted by atomic mass is 16.2. The number of hydrazine groups is 1. The van der Waals surface area contributed by atoms with Gasteiger partial charge in [0.2, 0.25) is 5.91 Å². The van der Waals surface area contributed by atoms with Crippen molar-refractivity contribution in [1.29, 1.82) is 0 Å². The molecule has 26 heavy (non-hydrogen) atoms. The first kappa shape index (κ1) is 16.4. The predicted octanol–water partition coefficient (Wildman–Crippen LogP) is 0.586. The number of imide groups is 1. The maximum absolute atomic E-state index is 12.3. The number of carbonyl (C=O) groups is 4. The molecule has 4 rings (SSSR count). The van der Waals surface area contributed by atoms with Crippen molar-refractivity contribution in [2.75, 3.05) is 0 Å². The van der Waals surface area contributed by atoms with Crippen molar-refractivity contribution in [1.82, 2.24) is 15.8 Å². The number of amides is 4. The summed E-state index contributed by atoms with van der Waals surface area (Å²) in [6, 6.07) is 6.41. The molecule has 1 fully saturated rings. The molecule has 4 amide bonds. The summed E-state index contributed by atoms with van der Waals surface area (Å²) in [6.45, 7) is 0. The van der Waals surface area contributed by atoms with Gasteiger partial charge >= 0.3 is 0 Å². The molecule has 0 saturated heterocycles. The lowest BCUT2D eigenvalue weighted by Gasteiger charge is -2.33. The zero-order valence-corrected chi connectivity index (χ0v) is 14.0. The Hall–Kier alpha value is -3.03. The minimum atomic E-state index is -0.623. The van der Waals surface area contributed by atoms with E-state index in [0.29, 0.717) is 5.01 Å². The van der Waals surface area contributed by atoms with Crippen LogP contribution in [-0.4, -0.2) is 46.4 Å². The third-order valence-electron chi connectivity index (χ3n) is 4.99. The van der Waals surface area contributed by atoms with Crippen molar-refractivity contribution in [3.8, 4) is 0 Å². The SMILES string of the molecule is O=C(CC1=NC2CCCCC2NC1=O)NN1C(=O)c2ccccc2C1=O. The highest BCUT2D eigenvalue weighted by Crippen LogP contribution is 2.24. The van der Waals surface area contributed by atoms with Crippen LogP contribution in [-0.2, 0) is 9.59 Å². The molecule has 8 heteroatoms. The summed E-state index contributed by atoms with van der Waals surface area (Å²) in [6.07, 6.45) is 3.62. The fraction of sp³-hybridized carbons (Fsp3) is 0.389. The minimum absolute atomic E-state index is 0.00329. The zero-order valence-electron chi connectivity index (χ0n) is 14.0. The molecule has 2 heterocycles. The van der Waals surface area contributed by atoms with Crippen LogP contribution in [0, 0.1) is 0 Å². The maximum atomic E-state index is 12.3. The number of nitrogens with zero attached hydrogens (tertiary/aromatic N) is 2. The predicted molar refractivity (Wildman–Crippen MR) is 91.3 cm³/mol. The second-order valence-corrected chi connectivity index (χ2v) is 6.71. The molecule has 1 saturated carbocycles. The quantitative estimate of drug-likeness (QED) is 0.774. The molecule has 8 nitrogen and oxygen atoms in total. The minimum Gasteiger partial charge on any atom is -0.346 e. The Morgan fingerprint density at radius 1 is 1.12 bits per heavy atom. The Morgan fingerprint density at radius 2 is 1.77 bits per heavy atom. The summed E-state index contributed by atoms with van der Waals surface area (Å²) in [5.41, 5.74) is 2.93. The van der Waals surface area contributed by atoms with Crippen LogP contribution in [0.15, 0.2) is 29.3 Å². The summed E-state index contributed by atoms with van der Waals surface area (Å²) < 4.78 is 0. The highest BCUT2D eigenvalue weighted by molar-refractivity contribution is 6.42. The Kier molecular flexibility index (Phi) is 4.02. The molecule has 0 aromatic heterocycles. The van der Waals surface area contributed by atoms with Crippen LogP contribution in [0.3, 0.4) is 0 Å². The fourth-order valence-corrected chi connectivity index (χ4v) is 3.68. The maximum Gasteiger partial charge on any atom is 0.280 e. The number of nitrogens with one attached hydrogen (secondary N) is 2. The molecule has 1 aliphatic carbocycles. The van der Waals surface area contributed by atoms with Gasteiger partial charge in [-0.05, 0) is 25.0 Å². The molecule has 2 N–H and O–H groups in total. The molecule has 0 radical (unpaired) electrons. The summed E-state index contributed by atoms with van der Waals surface area (Å²) in [5.74, 6) is -2.14. The van der Waals surface area contributed by atoms with Crippen LogP contribution in [0.25, 0.3) is 0 Å². The molecule has 2 unspecified atom stereocenters. The average Bonchev–Trinajstić information content (AvgIpc) is 2.88. The van der Waals surface area contributed by atoms with E-state index in [1.54, 1.807) is 12.1 Å². The lowest BCUT2D eigenvalue weighted by atomic mass is 9.89. The van der Waals surface area contributed by atoms with Gasteiger partial charge in [0.15, 0.2) is 0 Å². The normalized spacial score (nSPS) is 24.5. The number of hydrogen-bond acceptors (Lipinski definition) is 5. The van der Waals surface area contributed by atoms with Crippen molar-refractivity contribution >= 4 is 29.3 Å². The van der Waals surface area contributed by atoms with E-state index in [1.165, 1.54) is 12.1 Å². The van der Waals surface area contributed by atoms with Gasteiger partial charge in [-0.3, -0.25) is 29.6 Å². The van der Waals surface area contributed by atoms with Crippen molar-refractivity contribution in [2.24, 2.45) is 4.99 Å². The standard InChI is InChI=1S/C18H18N4O4/c23-15(9-14-16(24)20-13-8-4-3-7-12(13)19-14)21-22-17(25)10-5-1-2-6-11(10)18(22)26/h1-2,5-6,12-13H,3-4,7-9H2,(H,20,24)(H,21,23). The van der Waals surface area contributed by atoms with Crippen LogP contribution < -0.4 is 10.7 Å². The number of aliphatic imine (C=N–C) groups is 1. The first-order valence-corrected chi connectivity index (χ1v) is 8.69. The topological polar surface area (TPSA) is 108 Å². The van der Waals surface area contributed by atoms with Crippen LogP contribution in [0.5, 0.6) is 0 Å². The second kappa shape index (κ2) is 6.36.